The lowest BCUT2D eigenvalue weighted by atomic mass is 10.0. The molecule has 2 aromatic heterocycles. The van der Waals surface area contributed by atoms with Gasteiger partial charge in [0.1, 0.15) is 4.88 Å². The number of aromatic nitrogens is 2. The van der Waals surface area contributed by atoms with Gasteiger partial charge >= 0.3 is 0 Å². The summed E-state index contributed by atoms with van der Waals surface area (Å²) in [7, 11) is 0. The number of thiophene rings is 1. The Balaban J connectivity index is 1.92. The molecule has 1 aromatic carbocycles. The lowest BCUT2D eigenvalue weighted by molar-refractivity contribution is 0.433. The standard InChI is InChI=1S/C15H15N3OS/c1-9(2)10-3-5-11(6-4-10)14-17-15(19-18-14)13-12(16)7-8-20-13/h3-9H,16H2,1-2H3. The SMILES string of the molecule is CC(C)c1ccc(-c2noc(-c3sccc3N)n2)cc1. The molecular formula is C15H15N3OS. The molecule has 3 aromatic rings. The van der Waals surface area contributed by atoms with Gasteiger partial charge in [-0.1, -0.05) is 43.3 Å². The first-order valence-electron chi connectivity index (χ1n) is 6.42. The second-order valence-corrected chi connectivity index (χ2v) is 5.82. The lowest BCUT2D eigenvalue weighted by Crippen LogP contribution is -1.87. The summed E-state index contributed by atoms with van der Waals surface area (Å²) in [6, 6.07) is 10.1. The molecule has 0 bridgehead atoms. The predicted molar refractivity (Wildman–Crippen MR) is 81.5 cm³/mol. The number of anilines is 1. The minimum absolute atomic E-state index is 0.473. The average molecular weight is 285 g/mol. The molecule has 0 saturated carbocycles. The summed E-state index contributed by atoms with van der Waals surface area (Å²) in [5.41, 5.74) is 8.76. The van der Waals surface area contributed by atoms with Crippen LogP contribution in [0.2, 0.25) is 0 Å². The summed E-state index contributed by atoms with van der Waals surface area (Å²) in [5.74, 6) is 1.57. The van der Waals surface area contributed by atoms with Crippen LogP contribution in [0.3, 0.4) is 0 Å². The molecule has 2 N–H and O–H groups in total. The molecule has 0 fully saturated rings. The Hall–Kier alpha value is -2.14. The fraction of sp³-hybridized carbons (Fsp3) is 0.200. The van der Waals surface area contributed by atoms with Crippen LogP contribution in [0.5, 0.6) is 0 Å². The quantitative estimate of drug-likeness (QED) is 0.784. The van der Waals surface area contributed by atoms with Crippen molar-refractivity contribution in [3.8, 4) is 22.2 Å². The molecular weight excluding hydrogens is 270 g/mol. The van der Waals surface area contributed by atoms with E-state index in [1.54, 1.807) is 0 Å². The van der Waals surface area contributed by atoms with E-state index in [0.29, 0.717) is 23.3 Å². The van der Waals surface area contributed by atoms with E-state index in [2.05, 4.69) is 36.1 Å². The average Bonchev–Trinajstić information content (AvgIpc) is 3.07. The lowest BCUT2D eigenvalue weighted by Gasteiger charge is -2.04. The number of hydrogen-bond donors (Lipinski definition) is 1. The zero-order chi connectivity index (χ0) is 14.1. The molecule has 102 valence electrons. The van der Waals surface area contributed by atoms with E-state index in [1.165, 1.54) is 16.9 Å². The van der Waals surface area contributed by atoms with Crippen LogP contribution in [-0.4, -0.2) is 10.1 Å². The van der Waals surface area contributed by atoms with Crippen molar-refractivity contribution in [3.05, 3.63) is 41.3 Å². The third-order valence-electron chi connectivity index (χ3n) is 3.15. The van der Waals surface area contributed by atoms with Crippen molar-refractivity contribution in [2.24, 2.45) is 0 Å². The molecule has 0 aliphatic carbocycles. The van der Waals surface area contributed by atoms with E-state index < -0.39 is 0 Å². The van der Waals surface area contributed by atoms with Gasteiger partial charge in [-0.05, 0) is 22.9 Å². The molecule has 0 saturated heterocycles. The smallest absolute Gasteiger partial charge is 0.270 e. The van der Waals surface area contributed by atoms with E-state index >= 15 is 0 Å². The van der Waals surface area contributed by atoms with Crippen molar-refractivity contribution < 1.29 is 4.52 Å². The number of benzene rings is 1. The highest BCUT2D eigenvalue weighted by Gasteiger charge is 2.14. The van der Waals surface area contributed by atoms with Gasteiger partial charge in [0.2, 0.25) is 5.82 Å². The highest BCUT2D eigenvalue weighted by Crippen LogP contribution is 2.31. The Morgan fingerprint density at radius 3 is 2.50 bits per heavy atom. The second-order valence-electron chi connectivity index (χ2n) is 4.90. The molecule has 2 heterocycles. The van der Waals surface area contributed by atoms with Crippen molar-refractivity contribution in [2.75, 3.05) is 5.73 Å². The van der Waals surface area contributed by atoms with Crippen LogP contribution >= 0.6 is 11.3 Å². The minimum atomic E-state index is 0.473. The van der Waals surface area contributed by atoms with E-state index in [-0.39, 0.29) is 0 Å². The van der Waals surface area contributed by atoms with Gasteiger partial charge in [0.05, 0.1) is 5.69 Å². The van der Waals surface area contributed by atoms with E-state index in [1.807, 2.05) is 23.6 Å². The van der Waals surface area contributed by atoms with Gasteiger partial charge in [-0.25, -0.2) is 0 Å². The van der Waals surface area contributed by atoms with Crippen LogP contribution in [-0.2, 0) is 0 Å². The fourth-order valence-corrected chi connectivity index (χ4v) is 2.68. The maximum atomic E-state index is 5.86. The predicted octanol–water partition coefficient (Wildman–Crippen LogP) is 4.17. The maximum absolute atomic E-state index is 5.86. The van der Waals surface area contributed by atoms with Crippen LogP contribution in [0, 0.1) is 0 Å². The Morgan fingerprint density at radius 2 is 1.90 bits per heavy atom. The Labute approximate surface area is 121 Å². The summed E-state index contributed by atoms with van der Waals surface area (Å²) >= 11 is 1.50. The van der Waals surface area contributed by atoms with Gasteiger partial charge in [0.25, 0.3) is 5.89 Å². The minimum Gasteiger partial charge on any atom is -0.397 e. The summed E-state index contributed by atoms with van der Waals surface area (Å²) in [5, 5.41) is 5.93. The van der Waals surface area contributed by atoms with Crippen LogP contribution in [0.25, 0.3) is 22.2 Å². The first-order valence-corrected chi connectivity index (χ1v) is 7.30. The molecule has 0 aliphatic heterocycles. The molecule has 3 rings (SSSR count). The zero-order valence-electron chi connectivity index (χ0n) is 11.3. The molecule has 0 aliphatic rings. The Kier molecular flexibility index (Phi) is 3.28. The van der Waals surface area contributed by atoms with Crippen LogP contribution in [0.1, 0.15) is 25.3 Å². The van der Waals surface area contributed by atoms with E-state index in [0.717, 1.165) is 10.4 Å². The van der Waals surface area contributed by atoms with Crippen molar-refractivity contribution in [1.29, 1.82) is 0 Å². The molecule has 0 atom stereocenters. The number of rotatable bonds is 3. The molecule has 0 spiro atoms. The maximum Gasteiger partial charge on any atom is 0.270 e. The van der Waals surface area contributed by atoms with E-state index in [9.17, 15) is 0 Å². The first-order chi connectivity index (χ1) is 9.65. The molecule has 0 unspecified atom stereocenters. The number of hydrogen-bond acceptors (Lipinski definition) is 5. The van der Waals surface area contributed by atoms with Gasteiger partial charge < -0.3 is 10.3 Å². The molecule has 4 nitrogen and oxygen atoms in total. The molecule has 5 heteroatoms. The van der Waals surface area contributed by atoms with Gasteiger partial charge in [0.15, 0.2) is 0 Å². The van der Waals surface area contributed by atoms with Crippen molar-refractivity contribution >= 4 is 17.0 Å². The Bertz CT molecular complexity index is 713. The zero-order valence-corrected chi connectivity index (χ0v) is 12.1. The largest absolute Gasteiger partial charge is 0.397 e. The topological polar surface area (TPSA) is 64.9 Å². The summed E-state index contributed by atoms with van der Waals surface area (Å²) in [6.45, 7) is 4.34. The molecule has 0 radical (unpaired) electrons. The first kappa shape index (κ1) is 12.9. The number of nitrogen functional groups attached to an aromatic ring is 1. The summed E-state index contributed by atoms with van der Waals surface area (Å²) in [4.78, 5) is 5.23. The molecule has 0 amide bonds. The normalized spacial score (nSPS) is 11.2. The van der Waals surface area contributed by atoms with Gasteiger partial charge in [-0.3, -0.25) is 0 Å². The summed E-state index contributed by atoms with van der Waals surface area (Å²) in [6.07, 6.45) is 0. The number of nitrogens with zero attached hydrogens (tertiary/aromatic N) is 2. The Morgan fingerprint density at radius 1 is 1.15 bits per heavy atom. The molecule has 20 heavy (non-hydrogen) atoms. The van der Waals surface area contributed by atoms with Gasteiger partial charge in [0, 0.05) is 5.56 Å². The third kappa shape index (κ3) is 2.32. The summed E-state index contributed by atoms with van der Waals surface area (Å²) < 4.78 is 5.29. The van der Waals surface area contributed by atoms with Gasteiger partial charge in [-0.15, -0.1) is 11.3 Å². The van der Waals surface area contributed by atoms with Crippen molar-refractivity contribution in [3.63, 3.8) is 0 Å². The van der Waals surface area contributed by atoms with E-state index in [4.69, 9.17) is 10.3 Å². The number of nitrogens with two attached hydrogens (primary N) is 1. The monoisotopic (exact) mass is 285 g/mol. The van der Waals surface area contributed by atoms with Crippen LogP contribution < -0.4 is 5.73 Å². The van der Waals surface area contributed by atoms with Crippen molar-refractivity contribution in [2.45, 2.75) is 19.8 Å². The highest BCUT2D eigenvalue weighted by atomic mass is 32.1. The highest BCUT2D eigenvalue weighted by molar-refractivity contribution is 7.14. The van der Waals surface area contributed by atoms with Crippen molar-refractivity contribution in [1.82, 2.24) is 10.1 Å². The van der Waals surface area contributed by atoms with Crippen LogP contribution in [0.4, 0.5) is 5.69 Å². The van der Waals surface area contributed by atoms with Gasteiger partial charge in [-0.2, -0.15) is 4.98 Å². The second kappa shape index (κ2) is 5.09. The van der Waals surface area contributed by atoms with Crippen LogP contribution in [0.15, 0.2) is 40.2 Å². The third-order valence-corrected chi connectivity index (χ3v) is 4.07. The fourth-order valence-electron chi connectivity index (χ4n) is 1.94.